The number of hydrogen-bond donors (Lipinski definition) is 1. The fourth-order valence-electron chi connectivity index (χ4n) is 1.79. The van der Waals surface area contributed by atoms with E-state index in [1.165, 1.54) is 15.6 Å². The first kappa shape index (κ1) is 18.6. The molecule has 0 aliphatic rings. The molecule has 0 aliphatic carbocycles. The van der Waals surface area contributed by atoms with Gasteiger partial charge in [0.25, 0.3) is 10.0 Å². The van der Waals surface area contributed by atoms with E-state index < -0.39 is 10.0 Å². The Morgan fingerprint density at radius 3 is 2.67 bits per heavy atom. The van der Waals surface area contributed by atoms with Crippen molar-refractivity contribution >= 4 is 21.4 Å². The largest absolute Gasteiger partial charge is 0.385 e. The quantitative estimate of drug-likeness (QED) is 0.704. The van der Waals surface area contributed by atoms with Crippen molar-refractivity contribution < 1.29 is 13.2 Å². The Balaban J connectivity index is 2.81. The van der Waals surface area contributed by atoms with E-state index in [1.807, 2.05) is 6.92 Å². The van der Waals surface area contributed by atoms with Gasteiger partial charge in [-0.25, -0.2) is 12.7 Å². The van der Waals surface area contributed by atoms with Gasteiger partial charge in [0.1, 0.15) is 4.21 Å². The highest BCUT2D eigenvalue weighted by molar-refractivity contribution is 7.91. The molecular weight excluding hydrogens is 308 g/mol. The Hall–Kier alpha value is -0.470. The summed E-state index contributed by atoms with van der Waals surface area (Å²) in [5, 5.41) is 3.32. The second kappa shape index (κ2) is 8.24. The van der Waals surface area contributed by atoms with Crippen LogP contribution in [0.3, 0.4) is 0 Å². The minimum absolute atomic E-state index is 0.378. The number of aryl methyl sites for hydroxylation is 1. The van der Waals surface area contributed by atoms with Crippen molar-refractivity contribution in [2.75, 3.05) is 27.3 Å². The molecule has 1 aromatic heterocycles. The Bertz CT molecular complexity index is 538. The molecule has 7 heteroatoms. The second-order valence-corrected chi connectivity index (χ2v) is 8.79. The molecule has 0 radical (unpaired) electrons. The van der Waals surface area contributed by atoms with Crippen molar-refractivity contribution in [3.8, 4) is 0 Å². The number of rotatable bonds is 9. The van der Waals surface area contributed by atoms with Crippen LogP contribution in [0.1, 0.15) is 30.7 Å². The van der Waals surface area contributed by atoms with Crippen molar-refractivity contribution in [3.63, 3.8) is 0 Å². The molecule has 0 atom stereocenters. The lowest BCUT2D eigenvalue weighted by Gasteiger charge is -2.15. The van der Waals surface area contributed by atoms with Gasteiger partial charge in [-0.3, -0.25) is 0 Å². The molecular formula is C14H26N2O3S2. The van der Waals surface area contributed by atoms with Gasteiger partial charge in [0.05, 0.1) is 0 Å². The van der Waals surface area contributed by atoms with Gasteiger partial charge >= 0.3 is 0 Å². The van der Waals surface area contributed by atoms with Crippen molar-refractivity contribution in [3.05, 3.63) is 16.5 Å². The second-order valence-electron chi connectivity index (χ2n) is 5.38. The summed E-state index contributed by atoms with van der Waals surface area (Å²) in [5.41, 5.74) is 1.03. The molecule has 5 nitrogen and oxygen atoms in total. The summed E-state index contributed by atoms with van der Waals surface area (Å²) in [6.07, 6.45) is 0.693. The molecule has 1 heterocycles. The molecule has 0 unspecified atom stereocenters. The summed E-state index contributed by atoms with van der Waals surface area (Å²) >= 11 is 1.35. The van der Waals surface area contributed by atoms with Crippen molar-refractivity contribution in [1.82, 2.24) is 9.62 Å². The van der Waals surface area contributed by atoms with Crippen molar-refractivity contribution in [1.29, 1.82) is 0 Å². The van der Waals surface area contributed by atoms with Crippen LogP contribution >= 0.6 is 11.3 Å². The Morgan fingerprint density at radius 2 is 2.10 bits per heavy atom. The molecule has 1 rings (SSSR count). The third-order valence-electron chi connectivity index (χ3n) is 3.15. The monoisotopic (exact) mass is 334 g/mol. The number of nitrogens with one attached hydrogen (secondary N) is 1. The van der Waals surface area contributed by atoms with Gasteiger partial charge in [0.15, 0.2) is 0 Å². The molecule has 0 bridgehead atoms. The molecule has 1 aromatic rings. The molecule has 0 amide bonds. The molecule has 1 N–H and O–H groups in total. The summed E-state index contributed by atoms with van der Waals surface area (Å²) in [6, 6.07) is 2.15. The van der Waals surface area contributed by atoms with Crippen LogP contribution in [-0.4, -0.2) is 46.1 Å². The van der Waals surface area contributed by atoms with Gasteiger partial charge in [-0.15, -0.1) is 11.3 Å². The maximum absolute atomic E-state index is 12.5. The number of nitrogens with zero attached hydrogens (tertiary/aromatic N) is 1. The van der Waals surface area contributed by atoms with Crippen LogP contribution in [0, 0.1) is 6.92 Å². The average molecular weight is 335 g/mol. The van der Waals surface area contributed by atoms with Gasteiger partial charge < -0.3 is 10.1 Å². The van der Waals surface area contributed by atoms with E-state index >= 15 is 0 Å². The standard InChI is InChI=1S/C14H26N2O3S2/c1-11(2)15-10-13-12(3)9-14(20-13)21(17,18)16(4)7-6-8-19-5/h9,11,15H,6-8,10H2,1-5H3. The molecule has 122 valence electrons. The van der Waals surface area contributed by atoms with E-state index in [4.69, 9.17) is 4.74 Å². The van der Waals surface area contributed by atoms with E-state index in [-0.39, 0.29) is 0 Å². The molecule has 0 saturated carbocycles. The number of methoxy groups -OCH3 is 1. The van der Waals surface area contributed by atoms with Crippen LogP contribution in [0.5, 0.6) is 0 Å². The van der Waals surface area contributed by atoms with E-state index in [1.54, 1.807) is 20.2 Å². The van der Waals surface area contributed by atoms with Gasteiger partial charge in [0, 0.05) is 44.8 Å². The minimum atomic E-state index is -3.39. The lowest BCUT2D eigenvalue weighted by atomic mass is 10.3. The number of ether oxygens (including phenoxy) is 1. The van der Waals surface area contributed by atoms with Crippen LogP contribution in [0.25, 0.3) is 0 Å². The van der Waals surface area contributed by atoms with Gasteiger partial charge in [-0.1, -0.05) is 13.8 Å². The third-order valence-corrected chi connectivity index (χ3v) is 6.70. The lowest BCUT2D eigenvalue weighted by Crippen LogP contribution is -2.28. The summed E-state index contributed by atoms with van der Waals surface area (Å²) in [5.74, 6) is 0. The minimum Gasteiger partial charge on any atom is -0.385 e. The van der Waals surface area contributed by atoms with Crippen LogP contribution in [0.2, 0.25) is 0 Å². The zero-order valence-corrected chi connectivity index (χ0v) is 15.1. The summed E-state index contributed by atoms with van der Waals surface area (Å²) < 4.78 is 31.8. The summed E-state index contributed by atoms with van der Waals surface area (Å²) in [7, 11) is -0.158. The molecule has 0 fully saturated rings. The van der Waals surface area contributed by atoms with Gasteiger partial charge in [-0.2, -0.15) is 0 Å². The normalized spacial score (nSPS) is 12.5. The van der Waals surface area contributed by atoms with Crippen LogP contribution in [-0.2, 0) is 21.3 Å². The maximum Gasteiger partial charge on any atom is 0.252 e. The smallest absolute Gasteiger partial charge is 0.252 e. The Kier molecular flexibility index (Phi) is 7.29. The van der Waals surface area contributed by atoms with Crippen LogP contribution in [0.4, 0.5) is 0 Å². The fourth-order valence-corrected chi connectivity index (χ4v) is 4.75. The molecule has 0 aromatic carbocycles. The molecule has 0 aliphatic heterocycles. The number of sulfonamides is 1. The summed E-state index contributed by atoms with van der Waals surface area (Å²) in [4.78, 5) is 1.08. The van der Waals surface area contributed by atoms with E-state index in [2.05, 4.69) is 19.2 Å². The van der Waals surface area contributed by atoms with Crippen LogP contribution < -0.4 is 5.32 Å². The highest BCUT2D eigenvalue weighted by atomic mass is 32.2. The predicted molar refractivity (Wildman–Crippen MR) is 87.3 cm³/mol. The SMILES string of the molecule is COCCCN(C)S(=O)(=O)c1cc(C)c(CNC(C)C)s1. The first-order chi connectivity index (χ1) is 9.78. The van der Waals surface area contributed by atoms with Crippen molar-refractivity contribution in [2.24, 2.45) is 0 Å². The Morgan fingerprint density at radius 1 is 1.43 bits per heavy atom. The van der Waals surface area contributed by atoms with Crippen molar-refractivity contribution in [2.45, 2.75) is 44.0 Å². The Labute approximate surface area is 132 Å². The summed E-state index contributed by atoms with van der Waals surface area (Å²) in [6.45, 7) is 7.84. The molecule has 0 saturated heterocycles. The molecule has 0 spiro atoms. The third kappa shape index (κ3) is 5.34. The predicted octanol–water partition coefficient (Wildman–Crippen LogP) is 2.21. The van der Waals surface area contributed by atoms with Crippen LogP contribution in [0.15, 0.2) is 10.3 Å². The topological polar surface area (TPSA) is 58.6 Å². The highest BCUT2D eigenvalue weighted by Gasteiger charge is 2.23. The zero-order chi connectivity index (χ0) is 16.0. The highest BCUT2D eigenvalue weighted by Crippen LogP contribution is 2.28. The number of thiophene rings is 1. The van der Waals surface area contributed by atoms with E-state index in [9.17, 15) is 8.42 Å². The van der Waals surface area contributed by atoms with E-state index in [0.29, 0.717) is 36.4 Å². The van der Waals surface area contributed by atoms with Gasteiger partial charge in [0.2, 0.25) is 0 Å². The first-order valence-electron chi connectivity index (χ1n) is 7.07. The fraction of sp³-hybridized carbons (Fsp3) is 0.714. The average Bonchev–Trinajstić information content (AvgIpc) is 2.78. The van der Waals surface area contributed by atoms with E-state index in [0.717, 1.165) is 10.4 Å². The zero-order valence-electron chi connectivity index (χ0n) is 13.5. The van der Waals surface area contributed by atoms with Gasteiger partial charge in [-0.05, 0) is 25.0 Å². The number of hydrogen-bond acceptors (Lipinski definition) is 5. The first-order valence-corrected chi connectivity index (χ1v) is 9.32. The molecule has 21 heavy (non-hydrogen) atoms. The maximum atomic E-state index is 12.5. The lowest BCUT2D eigenvalue weighted by molar-refractivity contribution is 0.189.